The number of hydrogen-bond acceptors (Lipinski definition) is 3. The van der Waals surface area contributed by atoms with Crippen LogP contribution < -0.4 is 0 Å². The fourth-order valence-corrected chi connectivity index (χ4v) is 2.34. The van der Waals surface area contributed by atoms with Crippen molar-refractivity contribution in [1.82, 2.24) is 20.2 Å². The molecule has 1 heterocycles. The zero-order chi connectivity index (χ0) is 11.7. The molecule has 0 N–H and O–H groups in total. The molecule has 7 heteroatoms. The zero-order valence-corrected chi connectivity index (χ0v) is 11.9. The van der Waals surface area contributed by atoms with Crippen molar-refractivity contribution in [2.75, 3.05) is 0 Å². The number of hydrogen-bond donors (Lipinski definition) is 0. The van der Waals surface area contributed by atoms with Crippen molar-refractivity contribution in [2.45, 2.75) is 12.3 Å². The van der Waals surface area contributed by atoms with Gasteiger partial charge in [-0.05, 0) is 58.1 Å². The molecule has 1 atom stereocenters. The Bertz CT molecular complexity index is 512. The molecular weight excluding hydrogens is 362 g/mol. The van der Waals surface area contributed by atoms with Crippen molar-refractivity contribution in [1.29, 1.82) is 0 Å². The van der Waals surface area contributed by atoms with Crippen LogP contribution in [0.3, 0.4) is 0 Å². The number of rotatable bonds is 2. The van der Waals surface area contributed by atoms with Crippen LogP contribution in [0.1, 0.15) is 18.1 Å². The molecule has 84 valence electrons. The predicted octanol–water partition coefficient (Wildman–Crippen LogP) is 3.22. The lowest BCUT2D eigenvalue weighted by Gasteiger charge is -2.07. The second-order valence-corrected chi connectivity index (χ2v) is 5.47. The van der Waals surface area contributed by atoms with Crippen molar-refractivity contribution >= 4 is 45.8 Å². The molecule has 16 heavy (non-hydrogen) atoms. The van der Waals surface area contributed by atoms with Gasteiger partial charge in [0, 0.05) is 3.57 Å². The first-order valence-corrected chi connectivity index (χ1v) is 6.36. The second-order valence-electron chi connectivity index (χ2n) is 3.16. The molecule has 0 amide bonds. The molecule has 2 rings (SSSR count). The molecule has 0 radical (unpaired) electrons. The van der Waals surface area contributed by atoms with Crippen LogP contribution in [0, 0.1) is 3.57 Å². The molecule has 0 aliphatic heterocycles. The van der Waals surface area contributed by atoms with Crippen LogP contribution in [-0.2, 0) is 0 Å². The van der Waals surface area contributed by atoms with Crippen LogP contribution in [0.15, 0.2) is 18.2 Å². The Hall–Kier alpha value is -0.400. The molecular formula is C9H7Cl2IN4. The summed E-state index contributed by atoms with van der Waals surface area (Å²) >= 11 is 14.3. The van der Waals surface area contributed by atoms with Gasteiger partial charge >= 0.3 is 0 Å². The molecule has 4 nitrogen and oxygen atoms in total. The predicted molar refractivity (Wildman–Crippen MR) is 71.1 cm³/mol. The summed E-state index contributed by atoms with van der Waals surface area (Å²) in [5, 5.41) is 11.7. The molecule has 0 aliphatic carbocycles. The smallest absolute Gasteiger partial charge is 0.174 e. The van der Waals surface area contributed by atoms with E-state index in [2.05, 4.69) is 38.1 Å². The number of tetrazole rings is 1. The first kappa shape index (κ1) is 12.1. The molecule has 2 aromatic rings. The lowest BCUT2D eigenvalue weighted by molar-refractivity contribution is 0.761. The quantitative estimate of drug-likeness (QED) is 0.603. The molecule has 0 spiro atoms. The van der Waals surface area contributed by atoms with Crippen LogP contribution in [0.2, 0.25) is 5.02 Å². The third kappa shape index (κ3) is 2.31. The van der Waals surface area contributed by atoms with Crippen molar-refractivity contribution in [3.63, 3.8) is 0 Å². The van der Waals surface area contributed by atoms with Crippen LogP contribution in [0.4, 0.5) is 0 Å². The van der Waals surface area contributed by atoms with Crippen LogP contribution >= 0.6 is 45.8 Å². The number of aromatic nitrogens is 4. The summed E-state index contributed by atoms with van der Waals surface area (Å²) in [5.41, 5.74) is 0.731. The first-order chi connectivity index (χ1) is 7.59. The van der Waals surface area contributed by atoms with Gasteiger partial charge in [0.15, 0.2) is 5.82 Å². The highest BCUT2D eigenvalue weighted by atomic mass is 127. The molecule has 1 unspecified atom stereocenters. The van der Waals surface area contributed by atoms with E-state index in [1.54, 1.807) is 4.68 Å². The largest absolute Gasteiger partial charge is 0.194 e. The summed E-state index contributed by atoms with van der Waals surface area (Å²) in [6.45, 7) is 1.81. The normalized spacial score (nSPS) is 12.8. The molecule has 0 bridgehead atoms. The summed E-state index contributed by atoms with van der Waals surface area (Å²) < 4.78 is 2.61. The maximum atomic E-state index is 6.13. The van der Waals surface area contributed by atoms with E-state index in [-0.39, 0.29) is 5.38 Å². The monoisotopic (exact) mass is 368 g/mol. The first-order valence-electron chi connectivity index (χ1n) is 4.47. The van der Waals surface area contributed by atoms with E-state index in [4.69, 9.17) is 23.2 Å². The minimum Gasteiger partial charge on any atom is -0.194 e. The third-order valence-corrected chi connectivity index (χ3v) is 3.16. The zero-order valence-electron chi connectivity index (χ0n) is 8.23. The topological polar surface area (TPSA) is 43.6 Å². The second kappa shape index (κ2) is 4.85. The van der Waals surface area contributed by atoms with E-state index in [1.807, 2.05) is 25.1 Å². The van der Waals surface area contributed by atoms with Gasteiger partial charge in [-0.25, -0.2) is 0 Å². The molecule has 0 aliphatic rings. The Labute approximate surface area is 116 Å². The Balaban J connectivity index is 2.54. The highest BCUT2D eigenvalue weighted by molar-refractivity contribution is 14.1. The van der Waals surface area contributed by atoms with Gasteiger partial charge < -0.3 is 0 Å². The van der Waals surface area contributed by atoms with Crippen LogP contribution in [-0.4, -0.2) is 20.2 Å². The van der Waals surface area contributed by atoms with Gasteiger partial charge in [-0.2, -0.15) is 4.68 Å². The van der Waals surface area contributed by atoms with E-state index in [9.17, 15) is 0 Å². The standard InChI is InChI=1S/C9H7Cl2IN4/c1-5(10)9-13-14-15-16(9)8-3-2-6(12)4-7(8)11/h2-5H,1H3. The van der Waals surface area contributed by atoms with Crippen LogP contribution in [0.25, 0.3) is 5.69 Å². The van der Waals surface area contributed by atoms with Crippen molar-refractivity contribution in [3.05, 3.63) is 32.6 Å². The van der Waals surface area contributed by atoms with E-state index < -0.39 is 0 Å². The molecule has 1 aromatic carbocycles. The Morgan fingerprint density at radius 3 is 2.81 bits per heavy atom. The molecule has 0 fully saturated rings. The number of benzene rings is 1. The summed E-state index contributed by atoms with van der Waals surface area (Å²) in [7, 11) is 0. The molecule has 0 saturated heterocycles. The third-order valence-electron chi connectivity index (χ3n) is 1.99. The average molecular weight is 369 g/mol. The fraction of sp³-hybridized carbons (Fsp3) is 0.222. The number of alkyl halides is 1. The van der Waals surface area contributed by atoms with Crippen LogP contribution in [0.5, 0.6) is 0 Å². The van der Waals surface area contributed by atoms with E-state index in [0.29, 0.717) is 10.8 Å². The lowest BCUT2D eigenvalue weighted by Crippen LogP contribution is -2.04. The molecule has 0 saturated carbocycles. The Morgan fingerprint density at radius 1 is 1.44 bits per heavy atom. The Kier molecular flexibility index (Phi) is 3.66. The Morgan fingerprint density at radius 2 is 2.19 bits per heavy atom. The van der Waals surface area contributed by atoms with Gasteiger partial charge in [0.2, 0.25) is 0 Å². The number of halogens is 3. The highest BCUT2D eigenvalue weighted by Gasteiger charge is 2.15. The van der Waals surface area contributed by atoms with Gasteiger partial charge in [-0.1, -0.05) is 11.6 Å². The summed E-state index contributed by atoms with van der Waals surface area (Å²) in [4.78, 5) is 0. The lowest BCUT2D eigenvalue weighted by atomic mass is 10.3. The maximum absolute atomic E-state index is 6.13. The summed E-state index contributed by atoms with van der Waals surface area (Å²) in [5.74, 6) is 0.574. The van der Waals surface area contributed by atoms with Gasteiger partial charge in [0.05, 0.1) is 16.1 Å². The van der Waals surface area contributed by atoms with Crippen molar-refractivity contribution in [2.24, 2.45) is 0 Å². The van der Waals surface area contributed by atoms with Gasteiger partial charge in [0.25, 0.3) is 0 Å². The van der Waals surface area contributed by atoms with Gasteiger partial charge in [-0.3, -0.25) is 0 Å². The molecule has 1 aromatic heterocycles. The SMILES string of the molecule is CC(Cl)c1nnnn1-c1ccc(I)cc1Cl. The summed E-state index contributed by atoms with van der Waals surface area (Å²) in [6.07, 6.45) is 0. The fourth-order valence-electron chi connectivity index (χ4n) is 1.27. The van der Waals surface area contributed by atoms with E-state index in [0.717, 1.165) is 9.26 Å². The maximum Gasteiger partial charge on any atom is 0.174 e. The van der Waals surface area contributed by atoms with E-state index in [1.165, 1.54) is 0 Å². The minimum absolute atomic E-state index is 0.273. The average Bonchev–Trinajstić information content (AvgIpc) is 2.66. The highest BCUT2D eigenvalue weighted by Crippen LogP contribution is 2.25. The number of nitrogens with zero attached hydrogens (tertiary/aromatic N) is 4. The van der Waals surface area contributed by atoms with Gasteiger partial charge in [0.1, 0.15) is 0 Å². The van der Waals surface area contributed by atoms with Crippen molar-refractivity contribution < 1.29 is 0 Å². The van der Waals surface area contributed by atoms with E-state index >= 15 is 0 Å². The minimum atomic E-state index is -0.273. The summed E-state index contributed by atoms with van der Waals surface area (Å²) in [6, 6.07) is 5.65. The van der Waals surface area contributed by atoms with Crippen molar-refractivity contribution in [3.8, 4) is 5.69 Å². The van der Waals surface area contributed by atoms with Gasteiger partial charge in [-0.15, -0.1) is 16.7 Å².